The Labute approximate surface area is 153 Å². The van der Waals surface area contributed by atoms with Crippen molar-refractivity contribution < 1.29 is 14.3 Å². The van der Waals surface area contributed by atoms with Gasteiger partial charge in [0.2, 0.25) is 5.95 Å². The summed E-state index contributed by atoms with van der Waals surface area (Å²) in [4.78, 5) is 37.0. The Hall–Kier alpha value is -2.38. The molecule has 2 fully saturated rings. The van der Waals surface area contributed by atoms with Gasteiger partial charge in [0, 0.05) is 37.9 Å². The van der Waals surface area contributed by atoms with Gasteiger partial charge in [0.1, 0.15) is 5.69 Å². The number of hydrogen-bond acceptors (Lipinski definition) is 6. The lowest BCUT2D eigenvalue weighted by Gasteiger charge is -2.34. The average Bonchev–Trinajstić information content (AvgIpc) is 3.14. The molecule has 0 spiro atoms. The van der Waals surface area contributed by atoms with E-state index in [2.05, 4.69) is 15.3 Å². The highest BCUT2D eigenvalue weighted by atomic mass is 16.6. The number of aromatic nitrogens is 2. The highest BCUT2D eigenvalue weighted by molar-refractivity contribution is 5.92. The second-order valence-corrected chi connectivity index (χ2v) is 6.82. The Bertz CT molecular complexity index is 652. The molecule has 2 heterocycles. The summed E-state index contributed by atoms with van der Waals surface area (Å²) in [5.74, 6) is 0.416. The first kappa shape index (κ1) is 18.4. The van der Waals surface area contributed by atoms with Crippen molar-refractivity contribution in [3.8, 4) is 0 Å². The molecule has 0 aromatic carbocycles. The third-order valence-corrected chi connectivity index (χ3v) is 4.85. The largest absolute Gasteiger partial charge is 0.450 e. The van der Waals surface area contributed by atoms with Gasteiger partial charge in [-0.05, 0) is 32.8 Å². The van der Waals surface area contributed by atoms with E-state index in [9.17, 15) is 9.59 Å². The minimum atomic E-state index is -0.283. The lowest BCUT2D eigenvalue weighted by atomic mass is 10.2. The third kappa shape index (κ3) is 4.42. The van der Waals surface area contributed by atoms with Crippen molar-refractivity contribution in [2.45, 2.75) is 45.6 Å². The van der Waals surface area contributed by atoms with Crippen LogP contribution >= 0.6 is 0 Å². The summed E-state index contributed by atoms with van der Waals surface area (Å²) < 4.78 is 5.04. The Morgan fingerprint density at radius 2 is 1.88 bits per heavy atom. The first-order valence-electron chi connectivity index (χ1n) is 9.40. The molecule has 1 N–H and O–H groups in total. The summed E-state index contributed by atoms with van der Waals surface area (Å²) in [5.41, 5.74) is 1.17. The molecule has 8 heteroatoms. The number of piperazine rings is 1. The number of amides is 2. The summed E-state index contributed by atoms with van der Waals surface area (Å²) >= 11 is 0. The van der Waals surface area contributed by atoms with E-state index in [4.69, 9.17) is 4.74 Å². The topological polar surface area (TPSA) is 87.7 Å². The van der Waals surface area contributed by atoms with Crippen LogP contribution in [0.4, 0.5) is 10.7 Å². The van der Waals surface area contributed by atoms with Gasteiger partial charge >= 0.3 is 6.09 Å². The number of rotatable bonds is 4. The molecule has 0 atom stereocenters. The Balaban J connectivity index is 1.64. The minimum Gasteiger partial charge on any atom is -0.450 e. The van der Waals surface area contributed by atoms with Crippen LogP contribution in [0.15, 0.2) is 6.07 Å². The van der Waals surface area contributed by atoms with Gasteiger partial charge in [0.15, 0.2) is 0 Å². The van der Waals surface area contributed by atoms with Gasteiger partial charge in [0.25, 0.3) is 5.91 Å². The lowest BCUT2D eigenvalue weighted by molar-refractivity contribution is 0.0932. The predicted octanol–water partition coefficient (Wildman–Crippen LogP) is 1.74. The van der Waals surface area contributed by atoms with Crippen LogP contribution in [0.3, 0.4) is 0 Å². The molecule has 2 aliphatic rings. The fourth-order valence-electron chi connectivity index (χ4n) is 3.44. The van der Waals surface area contributed by atoms with Gasteiger partial charge in [-0.15, -0.1) is 0 Å². The Morgan fingerprint density at radius 3 is 2.54 bits per heavy atom. The third-order valence-electron chi connectivity index (χ3n) is 4.85. The molecular formula is C18H27N5O3. The van der Waals surface area contributed by atoms with Gasteiger partial charge < -0.3 is 19.9 Å². The number of anilines is 1. The molecule has 3 rings (SSSR count). The molecule has 0 radical (unpaired) electrons. The molecule has 1 aromatic heterocycles. The van der Waals surface area contributed by atoms with E-state index in [-0.39, 0.29) is 18.0 Å². The van der Waals surface area contributed by atoms with Crippen LogP contribution in [0, 0.1) is 6.92 Å². The monoisotopic (exact) mass is 361 g/mol. The van der Waals surface area contributed by atoms with Crippen LogP contribution in [0.25, 0.3) is 0 Å². The van der Waals surface area contributed by atoms with Crippen molar-refractivity contribution in [2.75, 3.05) is 37.7 Å². The second kappa shape index (κ2) is 8.33. The number of ether oxygens (including phenoxy) is 1. The van der Waals surface area contributed by atoms with Crippen LogP contribution in [0.1, 0.15) is 48.8 Å². The molecule has 26 heavy (non-hydrogen) atoms. The van der Waals surface area contributed by atoms with Gasteiger partial charge in [-0.1, -0.05) is 12.8 Å². The van der Waals surface area contributed by atoms with Crippen molar-refractivity contribution in [1.29, 1.82) is 0 Å². The zero-order valence-electron chi connectivity index (χ0n) is 15.5. The maximum absolute atomic E-state index is 12.5. The zero-order chi connectivity index (χ0) is 18.5. The molecule has 1 aromatic rings. The van der Waals surface area contributed by atoms with Gasteiger partial charge in [-0.25, -0.2) is 14.8 Å². The van der Waals surface area contributed by atoms with Crippen molar-refractivity contribution in [1.82, 2.24) is 20.2 Å². The van der Waals surface area contributed by atoms with E-state index >= 15 is 0 Å². The molecule has 1 aliphatic carbocycles. The number of aryl methyl sites for hydroxylation is 1. The molecule has 8 nitrogen and oxygen atoms in total. The molecule has 1 aliphatic heterocycles. The van der Waals surface area contributed by atoms with Gasteiger partial charge in [-0.3, -0.25) is 4.79 Å². The summed E-state index contributed by atoms with van der Waals surface area (Å²) in [6.07, 6.45) is 4.14. The van der Waals surface area contributed by atoms with E-state index in [1.165, 1.54) is 12.8 Å². The number of nitrogens with zero attached hydrogens (tertiary/aromatic N) is 4. The highest BCUT2D eigenvalue weighted by Crippen LogP contribution is 2.19. The van der Waals surface area contributed by atoms with Crippen molar-refractivity contribution in [2.24, 2.45) is 0 Å². The summed E-state index contributed by atoms with van der Waals surface area (Å²) in [6, 6.07) is 1.98. The van der Waals surface area contributed by atoms with Crippen LogP contribution in [0.5, 0.6) is 0 Å². The van der Waals surface area contributed by atoms with E-state index in [1.54, 1.807) is 17.9 Å². The summed E-state index contributed by atoms with van der Waals surface area (Å²) in [5, 5.41) is 3.07. The second-order valence-electron chi connectivity index (χ2n) is 6.82. The maximum Gasteiger partial charge on any atom is 0.409 e. The normalized spacial score (nSPS) is 18.1. The number of carbonyl (C=O) groups excluding carboxylic acids is 2. The summed E-state index contributed by atoms with van der Waals surface area (Å²) in [7, 11) is 0. The Kier molecular flexibility index (Phi) is 5.90. The zero-order valence-corrected chi connectivity index (χ0v) is 15.5. The van der Waals surface area contributed by atoms with Crippen LogP contribution in [0.2, 0.25) is 0 Å². The Morgan fingerprint density at radius 1 is 1.19 bits per heavy atom. The van der Waals surface area contributed by atoms with E-state index < -0.39 is 0 Å². The lowest BCUT2D eigenvalue weighted by Crippen LogP contribution is -2.49. The smallest absolute Gasteiger partial charge is 0.409 e. The molecule has 1 saturated carbocycles. The van der Waals surface area contributed by atoms with Crippen molar-refractivity contribution in [3.63, 3.8) is 0 Å². The van der Waals surface area contributed by atoms with E-state index in [0.29, 0.717) is 44.4 Å². The van der Waals surface area contributed by atoms with Crippen molar-refractivity contribution >= 4 is 17.9 Å². The average molecular weight is 361 g/mol. The molecule has 1 saturated heterocycles. The van der Waals surface area contributed by atoms with Gasteiger partial charge in [-0.2, -0.15) is 0 Å². The predicted molar refractivity (Wildman–Crippen MR) is 97.3 cm³/mol. The molecule has 0 unspecified atom stereocenters. The molecule has 142 valence electrons. The number of hydrogen-bond donors (Lipinski definition) is 1. The van der Waals surface area contributed by atoms with Crippen LogP contribution in [-0.2, 0) is 4.74 Å². The fraction of sp³-hybridized carbons (Fsp3) is 0.667. The fourth-order valence-corrected chi connectivity index (χ4v) is 3.44. The first-order chi connectivity index (χ1) is 12.6. The quantitative estimate of drug-likeness (QED) is 0.879. The van der Waals surface area contributed by atoms with Gasteiger partial charge in [0.05, 0.1) is 6.61 Å². The first-order valence-corrected chi connectivity index (χ1v) is 9.40. The SMILES string of the molecule is CCOC(=O)N1CCN(c2nc(C)cc(C(=O)NC3CCCC3)n2)CC1. The van der Waals surface area contributed by atoms with Crippen molar-refractivity contribution in [3.05, 3.63) is 17.5 Å². The molecule has 2 amide bonds. The maximum atomic E-state index is 12.5. The van der Waals surface area contributed by atoms with E-state index in [0.717, 1.165) is 18.5 Å². The molecule has 0 bridgehead atoms. The standard InChI is InChI=1S/C18H27N5O3/c1-3-26-18(25)23-10-8-22(9-11-23)17-19-13(2)12-15(21-17)16(24)20-14-6-4-5-7-14/h12,14H,3-11H2,1-2H3,(H,20,24). The van der Waals surface area contributed by atoms with Crippen LogP contribution < -0.4 is 10.2 Å². The number of carbonyl (C=O) groups is 2. The van der Waals surface area contributed by atoms with E-state index in [1.807, 2.05) is 11.8 Å². The minimum absolute atomic E-state index is 0.131. The summed E-state index contributed by atoms with van der Waals surface area (Å²) in [6.45, 7) is 6.39. The highest BCUT2D eigenvalue weighted by Gasteiger charge is 2.25. The molecular weight excluding hydrogens is 334 g/mol. The van der Waals surface area contributed by atoms with Crippen LogP contribution in [-0.4, -0.2) is 65.7 Å². The number of nitrogens with one attached hydrogen (secondary N) is 1.